The predicted octanol–water partition coefficient (Wildman–Crippen LogP) is 2.66. The van der Waals surface area contributed by atoms with Crippen molar-refractivity contribution in [3.05, 3.63) is 45.1 Å². The van der Waals surface area contributed by atoms with E-state index in [-0.39, 0.29) is 17.0 Å². The number of hydrogen-bond donors (Lipinski definition) is 1. The van der Waals surface area contributed by atoms with Crippen LogP contribution in [0, 0.1) is 4.77 Å². The molecule has 0 saturated heterocycles. The van der Waals surface area contributed by atoms with Crippen LogP contribution >= 0.6 is 12.2 Å². The molecule has 6 nitrogen and oxygen atoms in total. The van der Waals surface area contributed by atoms with Crippen LogP contribution in [0.2, 0.25) is 0 Å². The zero-order chi connectivity index (χ0) is 16.3. The molecule has 2 heterocycles. The zero-order valence-corrected chi connectivity index (χ0v) is 13.6. The number of rotatable bonds is 4. The molecule has 116 valence electrons. The molecule has 7 heteroatoms. The van der Waals surface area contributed by atoms with E-state index in [0.717, 1.165) is 0 Å². The number of aliphatic imine (C=N–C) groups is 1. The van der Waals surface area contributed by atoms with Crippen molar-refractivity contribution >= 4 is 23.7 Å². The molecule has 2 rings (SSSR count). The highest BCUT2D eigenvalue weighted by molar-refractivity contribution is 7.71. The smallest absolute Gasteiger partial charge is 0.267 e. The van der Waals surface area contributed by atoms with Crippen LogP contribution in [0.15, 0.2) is 34.2 Å². The van der Waals surface area contributed by atoms with Crippen molar-refractivity contribution in [3.63, 3.8) is 0 Å². The standard InChI is InChI=1S/C15H18N4O2S/c1-4-18-13(20)12(14(21)19(5-2)15(18)22)10(3)17-11-8-6-7-9-16-11/h6-9,20H,4-5H2,1-3H3. The minimum atomic E-state index is -0.341. The summed E-state index contributed by atoms with van der Waals surface area (Å²) in [6, 6.07) is 5.32. The lowest BCUT2D eigenvalue weighted by atomic mass is 10.2. The number of aromatic nitrogens is 3. The summed E-state index contributed by atoms with van der Waals surface area (Å²) in [7, 11) is 0. The first-order chi connectivity index (χ1) is 10.5. The van der Waals surface area contributed by atoms with Crippen LogP contribution in [0.4, 0.5) is 5.82 Å². The Balaban J connectivity index is 2.73. The van der Waals surface area contributed by atoms with Gasteiger partial charge in [-0.25, -0.2) is 9.98 Å². The van der Waals surface area contributed by atoms with Crippen molar-refractivity contribution in [3.8, 4) is 5.88 Å². The average Bonchev–Trinajstić information content (AvgIpc) is 2.49. The highest BCUT2D eigenvalue weighted by Gasteiger charge is 2.18. The van der Waals surface area contributed by atoms with E-state index in [2.05, 4.69) is 9.98 Å². The molecule has 1 N–H and O–H groups in total. The predicted molar refractivity (Wildman–Crippen MR) is 88.6 cm³/mol. The van der Waals surface area contributed by atoms with Gasteiger partial charge in [-0.1, -0.05) is 6.07 Å². The van der Waals surface area contributed by atoms with Crippen LogP contribution in [0.1, 0.15) is 26.3 Å². The molecule has 2 aromatic rings. The van der Waals surface area contributed by atoms with Crippen molar-refractivity contribution in [2.75, 3.05) is 0 Å². The lowest BCUT2D eigenvalue weighted by molar-refractivity contribution is 0.399. The molecule has 2 aromatic heterocycles. The minimum absolute atomic E-state index is 0.153. The van der Waals surface area contributed by atoms with Gasteiger partial charge in [-0.3, -0.25) is 13.9 Å². The molecule has 0 aliphatic rings. The zero-order valence-electron chi connectivity index (χ0n) is 12.8. The Morgan fingerprint density at radius 1 is 1.32 bits per heavy atom. The number of hydrogen-bond acceptors (Lipinski definition) is 5. The third-order valence-electron chi connectivity index (χ3n) is 3.33. The van der Waals surface area contributed by atoms with E-state index in [0.29, 0.717) is 29.4 Å². The summed E-state index contributed by atoms with van der Waals surface area (Å²) < 4.78 is 3.28. The SMILES string of the molecule is CCn1c(O)c(C(C)=Nc2ccccn2)c(=O)n(CC)c1=S. The third kappa shape index (κ3) is 2.85. The van der Waals surface area contributed by atoms with Crippen LogP contribution in [0.5, 0.6) is 5.88 Å². The van der Waals surface area contributed by atoms with Gasteiger partial charge < -0.3 is 5.11 Å². The highest BCUT2D eigenvalue weighted by Crippen LogP contribution is 2.17. The normalized spacial score (nSPS) is 11.7. The molecule has 0 spiro atoms. The van der Waals surface area contributed by atoms with Crippen LogP contribution in [-0.4, -0.2) is 24.9 Å². The van der Waals surface area contributed by atoms with Crippen LogP contribution in [0.25, 0.3) is 0 Å². The first kappa shape index (κ1) is 16.1. The molecular weight excluding hydrogens is 300 g/mol. The van der Waals surface area contributed by atoms with Gasteiger partial charge in [-0.15, -0.1) is 0 Å². The number of nitrogens with zero attached hydrogens (tertiary/aromatic N) is 4. The molecule has 0 bridgehead atoms. The van der Waals surface area contributed by atoms with Crippen LogP contribution in [-0.2, 0) is 13.1 Å². The number of aromatic hydroxyl groups is 1. The van der Waals surface area contributed by atoms with Gasteiger partial charge in [-0.2, -0.15) is 0 Å². The second kappa shape index (κ2) is 6.65. The Hall–Kier alpha value is -2.28. The fraction of sp³-hybridized carbons (Fsp3) is 0.333. The minimum Gasteiger partial charge on any atom is -0.494 e. The first-order valence-corrected chi connectivity index (χ1v) is 7.45. The van der Waals surface area contributed by atoms with Gasteiger partial charge in [0.05, 0.1) is 5.71 Å². The molecule has 0 unspecified atom stereocenters. The maximum absolute atomic E-state index is 12.6. The highest BCUT2D eigenvalue weighted by atomic mass is 32.1. The van der Waals surface area contributed by atoms with E-state index < -0.39 is 0 Å². The van der Waals surface area contributed by atoms with Crippen LogP contribution in [0.3, 0.4) is 0 Å². The van der Waals surface area contributed by atoms with Gasteiger partial charge in [-0.05, 0) is 45.1 Å². The Bertz CT molecular complexity index is 822. The fourth-order valence-electron chi connectivity index (χ4n) is 2.22. The first-order valence-electron chi connectivity index (χ1n) is 7.04. The second-order valence-electron chi connectivity index (χ2n) is 4.66. The lowest BCUT2D eigenvalue weighted by Crippen LogP contribution is -2.29. The molecule has 0 fully saturated rings. The number of pyridine rings is 1. The Morgan fingerprint density at radius 3 is 2.55 bits per heavy atom. The summed E-state index contributed by atoms with van der Waals surface area (Å²) in [5.74, 6) is 0.326. The topological polar surface area (TPSA) is 72.4 Å². The summed E-state index contributed by atoms with van der Waals surface area (Å²) in [4.78, 5) is 21.0. The molecule has 0 saturated carbocycles. The summed E-state index contributed by atoms with van der Waals surface area (Å²) >= 11 is 5.25. The molecule has 0 aliphatic carbocycles. The summed E-state index contributed by atoms with van der Waals surface area (Å²) in [6.07, 6.45) is 1.62. The quantitative estimate of drug-likeness (QED) is 0.695. The van der Waals surface area contributed by atoms with E-state index in [9.17, 15) is 9.90 Å². The summed E-state index contributed by atoms with van der Waals surface area (Å²) in [5, 5.41) is 10.4. The van der Waals surface area contributed by atoms with E-state index in [1.54, 1.807) is 25.3 Å². The van der Waals surface area contributed by atoms with E-state index in [1.807, 2.05) is 19.9 Å². The van der Waals surface area contributed by atoms with Crippen LogP contribution < -0.4 is 5.56 Å². The lowest BCUT2D eigenvalue weighted by Gasteiger charge is -2.15. The molecule has 0 aliphatic heterocycles. The summed E-state index contributed by atoms with van der Waals surface area (Å²) in [6.45, 7) is 6.27. The van der Waals surface area contributed by atoms with Gasteiger partial charge in [0.15, 0.2) is 10.6 Å². The van der Waals surface area contributed by atoms with Gasteiger partial charge in [0.2, 0.25) is 5.88 Å². The largest absolute Gasteiger partial charge is 0.494 e. The average molecular weight is 318 g/mol. The monoisotopic (exact) mass is 318 g/mol. The van der Waals surface area contributed by atoms with E-state index in [1.165, 1.54) is 9.13 Å². The Kier molecular flexibility index (Phi) is 4.87. The van der Waals surface area contributed by atoms with E-state index in [4.69, 9.17) is 12.2 Å². The molecule has 0 atom stereocenters. The van der Waals surface area contributed by atoms with Gasteiger partial charge in [0.1, 0.15) is 5.56 Å². The molecule has 0 aromatic carbocycles. The van der Waals surface area contributed by atoms with Crippen molar-refractivity contribution in [1.29, 1.82) is 0 Å². The fourth-order valence-corrected chi connectivity index (χ4v) is 2.64. The van der Waals surface area contributed by atoms with E-state index >= 15 is 0 Å². The van der Waals surface area contributed by atoms with Crippen molar-refractivity contribution in [2.24, 2.45) is 4.99 Å². The molecule has 0 radical (unpaired) electrons. The third-order valence-corrected chi connectivity index (χ3v) is 3.77. The second-order valence-corrected chi connectivity index (χ2v) is 5.03. The van der Waals surface area contributed by atoms with Crippen molar-refractivity contribution in [1.82, 2.24) is 14.1 Å². The Labute approximate surface area is 133 Å². The maximum Gasteiger partial charge on any atom is 0.267 e. The van der Waals surface area contributed by atoms with Gasteiger partial charge in [0, 0.05) is 19.3 Å². The van der Waals surface area contributed by atoms with Crippen molar-refractivity contribution < 1.29 is 5.11 Å². The van der Waals surface area contributed by atoms with Gasteiger partial charge in [0.25, 0.3) is 5.56 Å². The summed E-state index contributed by atoms with van der Waals surface area (Å²) in [5.41, 5.74) is 0.218. The Morgan fingerprint density at radius 2 is 2.00 bits per heavy atom. The van der Waals surface area contributed by atoms with Crippen molar-refractivity contribution in [2.45, 2.75) is 33.9 Å². The molecule has 0 amide bonds. The maximum atomic E-state index is 12.6. The van der Waals surface area contributed by atoms with Gasteiger partial charge >= 0.3 is 0 Å². The molecule has 22 heavy (non-hydrogen) atoms. The molecular formula is C15H18N4O2S.